The molecule has 2 rings (SSSR count). The zero-order valence-electron chi connectivity index (χ0n) is 11.0. The first-order valence-electron chi connectivity index (χ1n) is 6.06. The van der Waals surface area contributed by atoms with Crippen molar-refractivity contribution in [3.05, 3.63) is 59.7 Å². The summed E-state index contributed by atoms with van der Waals surface area (Å²) in [7, 11) is -3.51. The van der Waals surface area contributed by atoms with Gasteiger partial charge in [0.05, 0.1) is 0 Å². The van der Waals surface area contributed by atoms with E-state index in [-0.39, 0.29) is 0 Å². The van der Waals surface area contributed by atoms with Crippen LogP contribution in [0.1, 0.15) is 0 Å². The van der Waals surface area contributed by atoms with Crippen molar-refractivity contribution in [3.63, 3.8) is 0 Å². The summed E-state index contributed by atoms with van der Waals surface area (Å²) in [6.07, 6.45) is 17.2. The predicted octanol–water partition coefficient (Wildman–Crippen LogP) is 3.89. The van der Waals surface area contributed by atoms with Gasteiger partial charge < -0.3 is 4.12 Å². The number of rotatable bonds is 4. The molecule has 0 aromatic carbocycles. The molecule has 0 aliphatic heterocycles. The van der Waals surface area contributed by atoms with Gasteiger partial charge in [0.15, 0.2) is 0 Å². The van der Waals surface area contributed by atoms with Crippen LogP contribution in [0.3, 0.4) is 0 Å². The Bertz CT molecular complexity index is 386. The fourth-order valence-corrected chi connectivity index (χ4v) is 10.3. The van der Waals surface area contributed by atoms with Crippen molar-refractivity contribution >= 4 is 16.6 Å². The molecule has 0 N–H and O–H groups in total. The standard InChI is InChI=1S/C14H20OSi2/c1-16(2,13-9-5-6-10-13)15-17(3,4)14-11-7-8-12-14/h5-12H,1-4H3. The summed E-state index contributed by atoms with van der Waals surface area (Å²) >= 11 is 0. The van der Waals surface area contributed by atoms with Gasteiger partial charge in [0.1, 0.15) is 0 Å². The van der Waals surface area contributed by atoms with E-state index in [0.29, 0.717) is 0 Å². The Balaban J connectivity index is 2.09. The monoisotopic (exact) mass is 260 g/mol. The second-order valence-electron chi connectivity index (χ2n) is 5.47. The van der Waals surface area contributed by atoms with Crippen molar-refractivity contribution in [1.29, 1.82) is 0 Å². The summed E-state index contributed by atoms with van der Waals surface area (Å²) in [5.74, 6) is 0. The lowest BCUT2D eigenvalue weighted by Crippen LogP contribution is -2.47. The molecule has 0 aromatic heterocycles. The highest BCUT2D eigenvalue weighted by molar-refractivity contribution is 6.92. The summed E-state index contributed by atoms with van der Waals surface area (Å²) < 4.78 is 6.59. The van der Waals surface area contributed by atoms with E-state index in [0.717, 1.165) is 0 Å². The summed E-state index contributed by atoms with van der Waals surface area (Å²) in [6, 6.07) is 0. The van der Waals surface area contributed by atoms with E-state index in [1.54, 1.807) is 0 Å². The maximum Gasteiger partial charge on any atom is 0.202 e. The van der Waals surface area contributed by atoms with Crippen LogP contribution in [0.25, 0.3) is 0 Å². The Kier molecular flexibility index (Phi) is 3.43. The molecule has 3 heteroatoms. The minimum absolute atomic E-state index is 1.39. The van der Waals surface area contributed by atoms with Crippen LogP contribution in [0.5, 0.6) is 0 Å². The fourth-order valence-electron chi connectivity index (χ4n) is 2.31. The highest BCUT2D eigenvalue weighted by Gasteiger charge is 2.38. The summed E-state index contributed by atoms with van der Waals surface area (Å²) in [5.41, 5.74) is 0. The molecule has 2 radical (unpaired) electrons. The van der Waals surface area contributed by atoms with E-state index >= 15 is 0 Å². The molecule has 0 saturated heterocycles. The molecule has 17 heavy (non-hydrogen) atoms. The van der Waals surface area contributed by atoms with Gasteiger partial charge in [-0.15, -0.1) is 0 Å². The summed E-state index contributed by atoms with van der Waals surface area (Å²) in [5, 5.41) is 2.79. The van der Waals surface area contributed by atoms with Gasteiger partial charge in [-0.2, -0.15) is 0 Å². The molecular formula is C14H20OSi2. The molecule has 0 fully saturated rings. The number of hydrogen-bond acceptors (Lipinski definition) is 1. The van der Waals surface area contributed by atoms with Crippen molar-refractivity contribution in [2.75, 3.05) is 0 Å². The average Bonchev–Trinajstić information content (AvgIpc) is 2.91. The van der Waals surface area contributed by atoms with E-state index in [9.17, 15) is 0 Å². The Labute approximate surface area is 107 Å². The Morgan fingerprint density at radius 1 is 0.706 bits per heavy atom. The van der Waals surface area contributed by atoms with Gasteiger partial charge in [-0.25, -0.2) is 0 Å². The third-order valence-corrected chi connectivity index (χ3v) is 10.8. The molecule has 0 unspecified atom stereocenters. The van der Waals surface area contributed by atoms with E-state index in [1.807, 2.05) is 0 Å². The third-order valence-electron chi connectivity index (χ3n) is 3.23. The van der Waals surface area contributed by atoms with Gasteiger partial charge in [-0.1, -0.05) is 36.5 Å². The van der Waals surface area contributed by atoms with E-state index in [4.69, 9.17) is 4.12 Å². The van der Waals surface area contributed by atoms with Crippen LogP contribution in [0.15, 0.2) is 46.8 Å². The van der Waals surface area contributed by atoms with Gasteiger partial charge in [-0.3, -0.25) is 0 Å². The van der Waals surface area contributed by atoms with Gasteiger partial charge in [0, 0.05) is 12.8 Å². The zero-order chi connectivity index (χ0) is 12.5. The van der Waals surface area contributed by atoms with Gasteiger partial charge in [0.2, 0.25) is 16.6 Å². The third kappa shape index (κ3) is 2.79. The lowest BCUT2D eigenvalue weighted by molar-refractivity contribution is 0.563. The summed E-state index contributed by atoms with van der Waals surface area (Å²) in [4.78, 5) is 0. The van der Waals surface area contributed by atoms with E-state index < -0.39 is 16.6 Å². The highest BCUT2D eigenvalue weighted by Crippen LogP contribution is 2.31. The number of hydrogen-bond donors (Lipinski definition) is 0. The van der Waals surface area contributed by atoms with Gasteiger partial charge >= 0.3 is 0 Å². The normalized spacial score (nSPS) is 19.8. The summed E-state index contributed by atoms with van der Waals surface area (Å²) in [6.45, 7) is 9.17. The maximum atomic E-state index is 6.59. The largest absolute Gasteiger partial charge is 0.449 e. The lowest BCUT2D eigenvalue weighted by atomic mass is 10.5. The second-order valence-corrected chi connectivity index (χ2v) is 13.5. The predicted molar refractivity (Wildman–Crippen MR) is 79.1 cm³/mol. The van der Waals surface area contributed by atoms with Crippen molar-refractivity contribution in [2.45, 2.75) is 26.2 Å². The molecule has 0 spiro atoms. The molecule has 0 heterocycles. The first kappa shape index (κ1) is 12.8. The minimum atomic E-state index is -1.76. The molecule has 0 amide bonds. The fraction of sp³-hybridized carbons (Fsp3) is 0.286. The molecular weight excluding hydrogens is 240 g/mol. The van der Waals surface area contributed by atoms with Crippen LogP contribution in [-0.4, -0.2) is 16.6 Å². The van der Waals surface area contributed by atoms with Crippen molar-refractivity contribution < 1.29 is 4.12 Å². The topological polar surface area (TPSA) is 9.23 Å². The van der Waals surface area contributed by atoms with Crippen LogP contribution in [0, 0.1) is 12.8 Å². The minimum Gasteiger partial charge on any atom is -0.449 e. The first-order chi connectivity index (χ1) is 7.92. The van der Waals surface area contributed by atoms with Crippen LogP contribution in [0.2, 0.25) is 26.2 Å². The van der Waals surface area contributed by atoms with Crippen molar-refractivity contribution in [3.8, 4) is 0 Å². The highest BCUT2D eigenvalue weighted by atomic mass is 28.4. The Hall–Kier alpha value is -0.646. The Morgan fingerprint density at radius 2 is 1.12 bits per heavy atom. The average molecular weight is 260 g/mol. The van der Waals surface area contributed by atoms with E-state index in [2.05, 4.69) is 75.5 Å². The van der Waals surface area contributed by atoms with Crippen molar-refractivity contribution in [2.24, 2.45) is 0 Å². The molecule has 1 nitrogen and oxygen atoms in total. The van der Waals surface area contributed by atoms with Crippen LogP contribution in [-0.2, 0) is 4.12 Å². The molecule has 0 atom stereocenters. The quantitative estimate of drug-likeness (QED) is 0.697. The zero-order valence-corrected chi connectivity index (χ0v) is 13.0. The smallest absolute Gasteiger partial charge is 0.202 e. The van der Waals surface area contributed by atoms with Crippen molar-refractivity contribution in [1.82, 2.24) is 0 Å². The molecule has 90 valence electrons. The number of allylic oxidation sites excluding steroid dienone is 8. The lowest BCUT2D eigenvalue weighted by Gasteiger charge is -2.35. The molecule has 0 bridgehead atoms. The molecule has 0 saturated carbocycles. The van der Waals surface area contributed by atoms with Crippen LogP contribution < -0.4 is 0 Å². The molecule has 2 aliphatic carbocycles. The molecule has 0 aromatic rings. The Morgan fingerprint density at radius 3 is 1.41 bits per heavy atom. The molecule has 2 aliphatic rings. The van der Waals surface area contributed by atoms with Crippen LogP contribution >= 0.6 is 0 Å². The van der Waals surface area contributed by atoms with Gasteiger partial charge in [-0.05, 0) is 36.6 Å². The van der Waals surface area contributed by atoms with Crippen LogP contribution in [0.4, 0.5) is 0 Å². The van der Waals surface area contributed by atoms with Gasteiger partial charge in [0.25, 0.3) is 0 Å². The van der Waals surface area contributed by atoms with E-state index in [1.165, 1.54) is 10.4 Å². The SMILES string of the molecule is C[Si](C)(O[Si](C)(C)C1=CC=C[CH]1)C1=CC=C[CH]1. The maximum absolute atomic E-state index is 6.59. The first-order valence-corrected chi connectivity index (χ1v) is 11.9. The second kappa shape index (κ2) is 4.55.